The molecule has 2 rings (SSSR count). The molecular formula is C12H14N4O2S. The van der Waals surface area contributed by atoms with E-state index in [1.807, 2.05) is 6.07 Å². The first kappa shape index (κ1) is 13.4. The summed E-state index contributed by atoms with van der Waals surface area (Å²) in [5.41, 5.74) is 1.23. The maximum atomic E-state index is 12.2. The molecule has 2 N–H and O–H groups in total. The molecule has 0 radical (unpaired) electrons. The zero-order valence-corrected chi connectivity index (χ0v) is 11.2. The van der Waals surface area contributed by atoms with E-state index in [0.29, 0.717) is 12.2 Å². The molecule has 2 aromatic rings. The molecule has 0 spiro atoms. The van der Waals surface area contributed by atoms with E-state index in [0.717, 1.165) is 5.56 Å². The highest BCUT2D eigenvalue weighted by Gasteiger charge is 2.14. The third kappa shape index (κ3) is 3.49. The lowest BCUT2D eigenvalue weighted by Crippen LogP contribution is -2.14. The minimum atomic E-state index is -3.61. The van der Waals surface area contributed by atoms with Crippen LogP contribution in [0.5, 0.6) is 0 Å². The Morgan fingerprint density at radius 2 is 1.95 bits per heavy atom. The lowest BCUT2D eigenvalue weighted by atomic mass is 10.2. The van der Waals surface area contributed by atoms with E-state index in [-0.39, 0.29) is 4.90 Å². The van der Waals surface area contributed by atoms with Crippen molar-refractivity contribution in [2.24, 2.45) is 0 Å². The third-order valence-electron chi connectivity index (χ3n) is 2.40. The van der Waals surface area contributed by atoms with Gasteiger partial charge in [-0.05, 0) is 24.7 Å². The van der Waals surface area contributed by atoms with Gasteiger partial charge in [-0.25, -0.2) is 18.4 Å². The average molecular weight is 278 g/mol. The maximum Gasteiger partial charge on any atom is 0.262 e. The molecule has 0 bridgehead atoms. The number of nitrogens with zero attached hydrogens (tertiary/aromatic N) is 2. The summed E-state index contributed by atoms with van der Waals surface area (Å²) < 4.78 is 26.8. The molecule has 100 valence electrons. The zero-order chi connectivity index (χ0) is 13.7. The minimum Gasteiger partial charge on any atom is -0.316 e. The summed E-state index contributed by atoms with van der Waals surface area (Å²) >= 11 is 0. The van der Waals surface area contributed by atoms with Crippen LogP contribution < -0.4 is 10.0 Å². The zero-order valence-electron chi connectivity index (χ0n) is 10.4. The Morgan fingerprint density at radius 3 is 2.63 bits per heavy atom. The van der Waals surface area contributed by atoms with E-state index in [1.165, 1.54) is 18.7 Å². The molecule has 1 aromatic heterocycles. The van der Waals surface area contributed by atoms with Crippen molar-refractivity contribution in [2.75, 3.05) is 11.8 Å². The first-order chi connectivity index (χ1) is 9.12. The number of hydrogen-bond donors (Lipinski definition) is 2. The first-order valence-corrected chi connectivity index (χ1v) is 7.11. The van der Waals surface area contributed by atoms with Gasteiger partial charge in [-0.15, -0.1) is 0 Å². The van der Waals surface area contributed by atoms with E-state index in [1.54, 1.807) is 25.2 Å². The molecular weight excluding hydrogens is 264 g/mol. The Kier molecular flexibility index (Phi) is 4.08. The summed E-state index contributed by atoms with van der Waals surface area (Å²) in [6, 6.07) is 6.75. The highest BCUT2D eigenvalue weighted by molar-refractivity contribution is 7.92. The maximum absolute atomic E-state index is 12.2. The smallest absolute Gasteiger partial charge is 0.262 e. The Hall–Kier alpha value is -1.99. The molecule has 19 heavy (non-hydrogen) atoms. The van der Waals surface area contributed by atoms with E-state index < -0.39 is 10.0 Å². The van der Waals surface area contributed by atoms with Crippen LogP contribution in [0.3, 0.4) is 0 Å². The summed E-state index contributed by atoms with van der Waals surface area (Å²) in [6.07, 6.45) is 4.15. The second kappa shape index (κ2) is 5.77. The number of sulfonamides is 1. The average Bonchev–Trinajstić information content (AvgIpc) is 2.40. The fourth-order valence-electron chi connectivity index (χ4n) is 1.59. The molecule has 0 unspecified atom stereocenters. The van der Waals surface area contributed by atoms with Gasteiger partial charge in [0.05, 0.1) is 23.0 Å². The quantitative estimate of drug-likeness (QED) is 0.852. The van der Waals surface area contributed by atoms with Crippen LogP contribution in [0.25, 0.3) is 0 Å². The van der Waals surface area contributed by atoms with Crippen LogP contribution in [-0.2, 0) is 16.6 Å². The monoisotopic (exact) mass is 278 g/mol. The van der Waals surface area contributed by atoms with Gasteiger partial charge in [-0.2, -0.15) is 0 Å². The summed E-state index contributed by atoms with van der Waals surface area (Å²) in [5.74, 6) is 0. The molecule has 0 saturated carbocycles. The molecule has 0 fully saturated rings. The van der Waals surface area contributed by atoms with Crippen molar-refractivity contribution >= 4 is 15.7 Å². The van der Waals surface area contributed by atoms with Crippen LogP contribution in [0.1, 0.15) is 5.56 Å². The highest BCUT2D eigenvalue weighted by atomic mass is 32.2. The summed E-state index contributed by atoms with van der Waals surface area (Å²) in [7, 11) is -1.81. The van der Waals surface area contributed by atoms with Crippen molar-refractivity contribution in [2.45, 2.75) is 11.4 Å². The topological polar surface area (TPSA) is 84.0 Å². The predicted molar refractivity (Wildman–Crippen MR) is 72.0 cm³/mol. The van der Waals surface area contributed by atoms with Crippen LogP contribution in [-0.4, -0.2) is 25.4 Å². The van der Waals surface area contributed by atoms with Gasteiger partial charge < -0.3 is 5.32 Å². The van der Waals surface area contributed by atoms with Gasteiger partial charge in [0.15, 0.2) is 0 Å². The fourth-order valence-corrected chi connectivity index (χ4v) is 2.69. The van der Waals surface area contributed by atoms with Crippen LogP contribution in [0.15, 0.2) is 47.9 Å². The van der Waals surface area contributed by atoms with E-state index in [2.05, 4.69) is 20.0 Å². The second-order valence-electron chi connectivity index (χ2n) is 3.91. The Labute approximate surface area is 112 Å². The standard InChI is InChI=1S/C12H14N4O2S/c1-13-6-10-3-2-4-12(5-10)19(17,18)16-11-7-14-9-15-8-11/h2-5,7-9,13,16H,6H2,1H3. The molecule has 0 aliphatic carbocycles. The second-order valence-corrected chi connectivity index (χ2v) is 5.59. The molecule has 0 aliphatic rings. The van der Waals surface area contributed by atoms with Crippen molar-refractivity contribution in [3.05, 3.63) is 48.5 Å². The number of hydrogen-bond acceptors (Lipinski definition) is 5. The van der Waals surface area contributed by atoms with Crippen molar-refractivity contribution in [3.63, 3.8) is 0 Å². The number of rotatable bonds is 5. The summed E-state index contributed by atoms with van der Waals surface area (Å²) in [5, 5.41) is 2.98. The van der Waals surface area contributed by atoms with Crippen molar-refractivity contribution in [1.29, 1.82) is 0 Å². The molecule has 0 aliphatic heterocycles. The SMILES string of the molecule is CNCc1cccc(S(=O)(=O)Nc2cncnc2)c1. The van der Waals surface area contributed by atoms with Crippen LogP contribution in [0.2, 0.25) is 0 Å². The van der Waals surface area contributed by atoms with Crippen LogP contribution in [0, 0.1) is 0 Å². The normalized spacial score (nSPS) is 11.2. The summed E-state index contributed by atoms with van der Waals surface area (Å²) in [6.45, 7) is 0.609. The Bertz CT molecular complexity index is 644. The van der Waals surface area contributed by atoms with Crippen LogP contribution >= 0.6 is 0 Å². The van der Waals surface area contributed by atoms with Gasteiger partial charge in [0.25, 0.3) is 10.0 Å². The molecule has 6 nitrogen and oxygen atoms in total. The molecule has 1 aromatic carbocycles. The largest absolute Gasteiger partial charge is 0.316 e. The number of nitrogens with one attached hydrogen (secondary N) is 2. The third-order valence-corrected chi connectivity index (χ3v) is 3.78. The van der Waals surface area contributed by atoms with Gasteiger partial charge >= 0.3 is 0 Å². The number of anilines is 1. The van der Waals surface area contributed by atoms with Gasteiger partial charge in [-0.3, -0.25) is 4.72 Å². The van der Waals surface area contributed by atoms with Crippen LogP contribution in [0.4, 0.5) is 5.69 Å². The van der Waals surface area contributed by atoms with Gasteiger partial charge in [0.2, 0.25) is 0 Å². The lowest BCUT2D eigenvalue weighted by Gasteiger charge is -2.08. The summed E-state index contributed by atoms with van der Waals surface area (Å²) in [4.78, 5) is 7.74. The minimum absolute atomic E-state index is 0.212. The number of aromatic nitrogens is 2. The first-order valence-electron chi connectivity index (χ1n) is 5.63. The van der Waals surface area contributed by atoms with E-state index in [4.69, 9.17) is 0 Å². The molecule has 1 heterocycles. The fraction of sp³-hybridized carbons (Fsp3) is 0.167. The molecule has 0 amide bonds. The van der Waals surface area contributed by atoms with Crippen molar-refractivity contribution in [3.8, 4) is 0 Å². The molecule has 7 heteroatoms. The van der Waals surface area contributed by atoms with Gasteiger partial charge in [0, 0.05) is 6.54 Å². The highest BCUT2D eigenvalue weighted by Crippen LogP contribution is 2.15. The Balaban J connectivity index is 2.27. The predicted octanol–water partition coefficient (Wildman–Crippen LogP) is 0.997. The van der Waals surface area contributed by atoms with E-state index >= 15 is 0 Å². The lowest BCUT2D eigenvalue weighted by molar-refractivity contribution is 0.601. The van der Waals surface area contributed by atoms with E-state index in [9.17, 15) is 8.42 Å². The van der Waals surface area contributed by atoms with Crippen molar-refractivity contribution < 1.29 is 8.42 Å². The molecule has 0 saturated heterocycles. The van der Waals surface area contributed by atoms with Gasteiger partial charge in [0.1, 0.15) is 6.33 Å². The number of benzene rings is 1. The van der Waals surface area contributed by atoms with Crippen molar-refractivity contribution in [1.82, 2.24) is 15.3 Å². The van der Waals surface area contributed by atoms with Gasteiger partial charge in [-0.1, -0.05) is 12.1 Å². The molecule has 0 atom stereocenters. The Morgan fingerprint density at radius 1 is 1.21 bits per heavy atom.